The summed E-state index contributed by atoms with van der Waals surface area (Å²) in [5.74, 6) is -0.694. The van der Waals surface area contributed by atoms with Crippen LogP contribution in [0.1, 0.15) is 5.56 Å². The van der Waals surface area contributed by atoms with E-state index in [1.807, 2.05) is 0 Å². The number of hydrogen-bond donors (Lipinski definition) is 2. The van der Waals surface area contributed by atoms with Crippen molar-refractivity contribution in [3.63, 3.8) is 0 Å². The molecule has 6 nitrogen and oxygen atoms in total. The molecular formula is C15H14O6S. The molecule has 0 radical (unpaired) electrons. The van der Waals surface area contributed by atoms with E-state index in [-0.39, 0.29) is 22.6 Å². The van der Waals surface area contributed by atoms with Gasteiger partial charge in [0.25, 0.3) is 10.1 Å². The summed E-state index contributed by atoms with van der Waals surface area (Å²) >= 11 is 0. The third kappa shape index (κ3) is 3.63. The Morgan fingerprint density at radius 2 is 1.91 bits per heavy atom. The van der Waals surface area contributed by atoms with Crippen LogP contribution in [0.2, 0.25) is 0 Å². The van der Waals surface area contributed by atoms with Crippen molar-refractivity contribution in [2.24, 2.45) is 0 Å². The van der Waals surface area contributed by atoms with Crippen LogP contribution in [0.25, 0.3) is 11.1 Å². The molecule has 0 aromatic heterocycles. The maximum absolute atomic E-state index is 11.6. The summed E-state index contributed by atoms with van der Waals surface area (Å²) in [6.45, 7) is 0. The van der Waals surface area contributed by atoms with Crippen LogP contribution in [0.5, 0.6) is 5.75 Å². The fourth-order valence-electron chi connectivity index (χ4n) is 2.10. The van der Waals surface area contributed by atoms with Crippen molar-refractivity contribution in [2.75, 3.05) is 7.11 Å². The van der Waals surface area contributed by atoms with Gasteiger partial charge >= 0.3 is 5.97 Å². The molecule has 0 aliphatic rings. The first-order valence-electron chi connectivity index (χ1n) is 6.28. The van der Waals surface area contributed by atoms with Gasteiger partial charge in [-0.2, -0.15) is 8.42 Å². The number of methoxy groups -OCH3 is 1. The molecule has 2 rings (SSSR count). The number of carboxylic acids is 1. The van der Waals surface area contributed by atoms with E-state index in [0.29, 0.717) is 11.1 Å². The summed E-state index contributed by atoms with van der Waals surface area (Å²) in [7, 11) is -3.06. The Bertz CT molecular complexity index is 811. The smallest absolute Gasteiger partial charge is 0.307 e. The fourth-order valence-corrected chi connectivity index (χ4v) is 2.83. The molecule has 0 saturated heterocycles. The maximum Gasteiger partial charge on any atom is 0.307 e. The molecule has 0 saturated carbocycles. The van der Waals surface area contributed by atoms with Crippen LogP contribution in [0.3, 0.4) is 0 Å². The van der Waals surface area contributed by atoms with Crippen molar-refractivity contribution >= 4 is 16.1 Å². The van der Waals surface area contributed by atoms with Gasteiger partial charge in [0.1, 0.15) is 10.6 Å². The molecule has 2 aromatic carbocycles. The average molecular weight is 322 g/mol. The number of carboxylic acid groups (broad SMARTS) is 1. The second-order valence-electron chi connectivity index (χ2n) is 4.61. The molecule has 0 bridgehead atoms. The van der Waals surface area contributed by atoms with Gasteiger partial charge in [-0.3, -0.25) is 9.35 Å². The van der Waals surface area contributed by atoms with Crippen molar-refractivity contribution in [3.05, 3.63) is 48.0 Å². The van der Waals surface area contributed by atoms with Crippen LogP contribution in [0.4, 0.5) is 0 Å². The Kier molecular flexibility index (Phi) is 4.48. The molecular weight excluding hydrogens is 308 g/mol. The topological polar surface area (TPSA) is 101 Å². The molecule has 2 N–H and O–H groups in total. The third-order valence-corrected chi connectivity index (χ3v) is 3.95. The highest BCUT2D eigenvalue weighted by Gasteiger charge is 2.18. The Hall–Kier alpha value is -2.38. The van der Waals surface area contributed by atoms with Crippen LogP contribution in [0.15, 0.2) is 47.4 Å². The van der Waals surface area contributed by atoms with Gasteiger partial charge in [-0.15, -0.1) is 0 Å². The first-order chi connectivity index (χ1) is 10.3. The average Bonchev–Trinajstić information content (AvgIpc) is 2.45. The van der Waals surface area contributed by atoms with E-state index in [1.165, 1.54) is 19.2 Å². The fraction of sp³-hybridized carbons (Fsp3) is 0.133. The predicted octanol–water partition coefficient (Wildman–Crippen LogP) is 2.24. The zero-order valence-corrected chi connectivity index (χ0v) is 12.5. The van der Waals surface area contributed by atoms with Gasteiger partial charge in [0.15, 0.2) is 0 Å². The molecule has 0 amide bonds. The lowest BCUT2D eigenvalue weighted by Crippen LogP contribution is -2.03. The minimum Gasteiger partial charge on any atom is -0.497 e. The standard InChI is InChI=1S/C15H14O6S/c1-21-12-5-6-13(14(9-12)22(18,19)20)11-4-2-3-10(7-11)8-15(16)17/h2-7,9H,8H2,1H3,(H,16,17)(H,18,19,20). The molecule has 7 heteroatoms. The third-order valence-electron chi connectivity index (χ3n) is 3.06. The van der Waals surface area contributed by atoms with E-state index >= 15 is 0 Å². The molecule has 22 heavy (non-hydrogen) atoms. The lowest BCUT2D eigenvalue weighted by Gasteiger charge is -2.10. The normalized spacial score (nSPS) is 11.2. The Balaban J connectivity index is 2.59. The second-order valence-corrected chi connectivity index (χ2v) is 6.00. The Morgan fingerprint density at radius 3 is 2.50 bits per heavy atom. The summed E-state index contributed by atoms with van der Waals surface area (Å²) < 4.78 is 37.5. The highest BCUT2D eigenvalue weighted by molar-refractivity contribution is 7.86. The number of rotatable bonds is 5. The number of hydrogen-bond acceptors (Lipinski definition) is 4. The Labute approximate surface area is 127 Å². The first kappa shape index (κ1) is 16.0. The zero-order valence-electron chi connectivity index (χ0n) is 11.7. The summed E-state index contributed by atoms with van der Waals surface area (Å²) in [5.41, 5.74) is 1.30. The molecule has 0 aliphatic heterocycles. The van der Waals surface area contributed by atoms with Gasteiger partial charge in [0, 0.05) is 11.6 Å². The van der Waals surface area contributed by atoms with Gasteiger partial charge in [-0.25, -0.2) is 0 Å². The van der Waals surface area contributed by atoms with E-state index in [1.54, 1.807) is 30.3 Å². The van der Waals surface area contributed by atoms with Crippen LogP contribution in [-0.4, -0.2) is 31.2 Å². The number of benzene rings is 2. The molecule has 0 atom stereocenters. The van der Waals surface area contributed by atoms with E-state index in [0.717, 1.165) is 0 Å². The van der Waals surface area contributed by atoms with E-state index in [9.17, 15) is 17.8 Å². The molecule has 116 valence electrons. The zero-order chi connectivity index (χ0) is 16.3. The van der Waals surface area contributed by atoms with Gasteiger partial charge in [0.05, 0.1) is 13.5 Å². The van der Waals surface area contributed by atoms with Crippen molar-refractivity contribution < 1.29 is 27.6 Å². The number of carbonyl (C=O) groups is 1. The Morgan fingerprint density at radius 1 is 1.18 bits per heavy atom. The van der Waals surface area contributed by atoms with E-state index < -0.39 is 16.1 Å². The van der Waals surface area contributed by atoms with E-state index in [2.05, 4.69) is 0 Å². The van der Waals surface area contributed by atoms with Crippen LogP contribution in [0, 0.1) is 0 Å². The van der Waals surface area contributed by atoms with Crippen LogP contribution < -0.4 is 4.74 Å². The van der Waals surface area contributed by atoms with Crippen molar-refractivity contribution in [1.82, 2.24) is 0 Å². The lowest BCUT2D eigenvalue weighted by molar-refractivity contribution is -0.136. The minimum atomic E-state index is -4.45. The van der Waals surface area contributed by atoms with Gasteiger partial charge < -0.3 is 9.84 Å². The number of ether oxygens (including phenoxy) is 1. The summed E-state index contributed by atoms with van der Waals surface area (Å²) in [5, 5.41) is 8.83. The molecule has 0 unspecified atom stereocenters. The molecule has 2 aromatic rings. The van der Waals surface area contributed by atoms with Crippen LogP contribution in [-0.2, 0) is 21.3 Å². The van der Waals surface area contributed by atoms with Gasteiger partial charge in [0.2, 0.25) is 0 Å². The summed E-state index contributed by atoms with van der Waals surface area (Å²) in [6.07, 6.45) is -0.175. The largest absolute Gasteiger partial charge is 0.497 e. The maximum atomic E-state index is 11.6. The molecule has 0 aliphatic carbocycles. The highest BCUT2D eigenvalue weighted by atomic mass is 32.2. The SMILES string of the molecule is COc1ccc(-c2cccc(CC(=O)O)c2)c(S(=O)(=O)O)c1. The lowest BCUT2D eigenvalue weighted by atomic mass is 10.0. The summed E-state index contributed by atoms with van der Waals surface area (Å²) in [4.78, 5) is 10.5. The number of aliphatic carboxylic acids is 1. The van der Waals surface area contributed by atoms with Crippen molar-refractivity contribution in [1.29, 1.82) is 0 Å². The second kappa shape index (κ2) is 6.17. The van der Waals surface area contributed by atoms with Crippen molar-refractivity contribution in [3.8, 4) is 16.9 Å². The van der Waals surface area contributed by atoms with Crippen LogP contribution >= 0.6 is 0 Å². The molecule has 0 fully saturated rings. The van der Waals surface area contributed by atoms with E-state index in [4.69, 9.17) is 9.84 Å². The van der Waals surface area contributed by atoms with Gasteiger partial charge in [-0.1, -0.05) is 24.3 Å². The monoisotopic (exact) mass is 322 g/mol. The minimum absolute atomic E-state index is 0.175. The molecule has 0 spiro atoms. The van der Waals surface area contributed by atoms with Gasteiger partial charge in [-0.05, 0) is 23.3 Å². The molecule has 0 heterocycles. The van der Waals surface area contributed by atoms with Crippen molar-refractivity contribution in [2.45, 2.75) is 11.3 Å². The highest BCUT2D eigenvalue weighted by Crippen LogP contribution is 2.31. The first-order valence-corrected chi connectivity index (χ1v) is 7.72. The predicted molar refractivity (Wildman–Crippen MR) is 79.6 cm³/mol. The summed E-state index contributed by atoms with van der Waals surface area (Å²) in [6, 6.07) is 10.8. The quantitative estimate of drug-likeness (QED) is 0.819.